The van der Waals surface area contributed by atoms with Gasteiger partial charge in [0.15, 0.2) is 11.5 Å². The minimum Gasteiger partial charge on any atom is -0.454 e. The first-order valence-electron chi connectivity index (χ1n) is 6.38. The van der Waals surface area contributed by atoms with E-state index in [2.05, 4.69) is 9.97 Å². The van der Waals surface area contributed by atoms with E-state index < -0.39 is 0 Å². The van der Waals surface area contributed by atoms with Crippen LogP contribution < -0.4 is 9.47 Å². The average Bonchev–Trinajstić information content (AvgIpc) is 3.00. The van der Waals surface area contributed by atoms with Gasteiger partial charge in [0.05, 0.1) is 0 Å². The van der Waals surface area contributed by atoms with E-state index in [9.17, 15) is 4.79 Å². The van der Waals surface area contributed by atoms with E-state index in [1.165, 1.54) is 18.6 Å². The van der Waals surface area contributed by atoms with Crippen LogP contribution in [0.1, 0.15) is 16.1 Å². The first-order chi connectivity index (χ1) is 10.3. The van der Waals surface area contributed by atoms with Gasteiger partial charge in [-0.05, 0) is 29.8 Å². The number of fused-ring (bicyclic) bond motifs is 1. The van der Waals surface area contributed by atoms with Crippen molar-refractivity contribution in [2.24, 2.45) is 0 Å². The van der Waals surface area contributed by atoms with Crippen molar-refractivity contribution in [1.82, 2.24) is 9.97 Å². The Morgan fingerprint density at radius 1 is 1.14 bits per heavy atom. The zero-order chi connectivity index (χ0) is 14.5. The van der Waals surface area contributed by atoms with E-state index >= 15 is 0 Å². The zero-order valence-electron chi connectivity index (χ0n) is 11.1. The summed E-state index contributed by atoms with van der Waals surface area (Å²) in [5.41, 5.74) is 1.34. The first-order valence-corrected chi connectivity index (χ1v) is 6.38. The summed E-state index contributed by atoms with van der Waals surface area (Å²) in [5.74, 6) is 1.33. The fraction of sp³-hybridized carbons (Fsp3) is 0.0625. The van der Waals surface area contributed by atoms with Crippen molar-refractivity contribution in [2.45, 2.75) is 0 Å². The van der Waals surface area contributed by atoms with Crippen LogP contribution in [0.2, 0.25) is 0 Å². The van der Waals surface area contributed by atoms with E-state index in [0.717, 1.165) is 17.1 Å². The van der Waals surface area contributed by atoms with Gasteiger partial charge < -0.3 is 9.47 Å². The van der Waals surface area contributed by atoms with E-state index in [4.69, 9.17) is 9.47 Å². The second kappa shape index (κ2) is 6.00. The van der Waals surface area contributed by atoms with Crippen LogP contribution in [0.25, 0.3) is 6.08 Å². The van der Waals surface area contributed by atoms with E-state index in [1.807, 2.05) is 24.3 Å². The molecule has 1 aliphatic rings. The van der Waals surface area contributed by atoms with Gasteiger partial charge in [-0.1, -0.05) is 24.3 Å². The Balaban J connectivity index is 1.64. The molecule has 0 amide bonds. The van der Waals surface area contributed by atoms with Crippen LogP contribution >= 0.6 is 0 Å². The van der Waals surface area contributed by atoms with Gasteiger partial charge in [0.1, 0.15) is 12.0 Å². The molecule has 0 atom stereocenters. The number of allylic oxidation sites excluding steroid dienone is 3. The lowest BCUT2D eigenvalue weighted by Crippen LogP contribution is -1.97. The summed E-state index contributed by atoms with van der Waals surface area (Å²) in [6, 6.07) is 7.25. The molecule has 0 fully saturated rings. The molecular formula is C16H12N2O3. The molecule has 2 heterocycles. The van der Waals surface area contributed by atoms with Crippen LogP contribution in [0.3, 0.4) is 0 Å². The van der Waals surface area contributed by atoms with Crippen molar-refractivity contribution in [3.05, 3.63) is 66.3 Å². The average molecular weight is 280 g/mol. The van der Waals surface area contributed by atoms with Gasteiger partial charge in [0, 0.05) is 6.20 Å². The third kappa shape index (κ3) is 3.14. The zero-order valence-corrected chi connectivity index (χ0v) is 11.1. The topological polar surface area (TPSA) is 61.3 Å². The highest BCUT2D eigenvalue weighted by Gasteiger charge is 2.11. The van der Waals surface area contributed by atoms with Gasteiger partial charge in [-0.25, -0.2) is 9.97 Å². The van der Waals surface area contributed by atoms with Crippen LogP contribution in [-0.4, -0.2) is 22.5 Å². The van der Waals surface area contributed by atoms with Crippen molar-refractivity contribution in [2.75, 3.05) is 6.79 Å². The molecular weight excluding hydrogens is 268 g/mol. The number of hydrogen-bond acceptors (Lipinski definition) is 5. The molecule has 1 aromatic heterocycles. The summed E-state index contributed by atoms with van der Waals surface area (Å²) in [6.45, 7) is 0.260. The summed E-state index contributed by atoms with van der Waals surface area (Å²) in [6.07, 6.45) is 9.70. The quantitative estimate of drug-likeness (QED) is 0.489. The molecule has 0 spiro atoms. The van der Waals surface area contributed by atoms with E-state index in [-0.39, 0.29) is 12.6 Å². The van der Waals surface area contributed by atoms with Crippen LogP contribution in [0, 0.1) is 0 Å². The lowest BCUT2D eigenvalue weighted by Gasteiger charge is -1.96. The normalized spacial score (nSPS) is 13.1. The fourth-order valence-electron chi connectivity index (χ4n) is 1.85. The lowest BCUT2D eigenvalue weighted by molar-refractivity contribution is 0.104. The molecule has 0 N–H and O–H groups in total. The highest BCUT2D eigenvalue weighted by molar-refractivity contribution is 6.03. The molecule has 2 aromatic rings. The summed E-state index contributed by atoms with van der Waals surface area (Å²) in [5, 5.41) is 0. The van der Waals surface area contributed by atoms with Crippen LogP contribution in [0.5, 0.6) is 11.5 Å². The number of hydrogen-bond donors (Lipinski definition) is 0. The Morgan fingerprint density at radius 3 is 2.90 bits per heavy atom. The number of rotatable bonds is 4. The molecule has 0 radical (unpaired) electrons. The second-order valence-electron chi connectivity index (χ2n) is 4.29. The Morgan fingerprint density at radius 2 is 2.05 bits per heavy atom. The highest BCUT2D eigenvalue weighted by Crippen LogP contribution is 2.32. The molecule has 3 rings (SSSR count). The van der Waals surface area contributed by atoms with Gasteiger partial charge in [-0.15, -0.1) is 0 Å². The summed E-state index contributed by atoms with van der Waals surface area (Å²) in [7, 11) is 0. The monoisotopic (exact) mass is 280 g/mol. The summed E-state index contributed by atoms with van der Waals surface area (Å²) in [4.78, 5) is 19.4. The molecule has 0 saturated heterocycles. The SMILES string of the molecule is O=C(C=CC=Cc1ccc2c(c1)OCO2)c1ccncn1. The van der Waals surface area contributed by atoms with Gasteiger partial charge in [0.2, 0.25) is 12.6 Å². The number of carbonyl (C=O) groups excluding carboxylic acids is 1. The molecule has 0 saturated carbocycles. The number of ketones is 1. The molecule has 0 bridgehead atoms. The number of carbonyl (C=O) groups is 1. The van der Waals surface area contributed by atoms with Crippen LogP contribution in [0.15, 0.2) is 55.0 Å². The number of benzene rings is 1. The molecule has 5 heteroatoms. The standard InChI is InChI=1S/C16H12N2O3/c19-14(13-7-8-17-10-18-13)4-2-1-3-12-5-6-15-16(9-12)21-11-20-15/h1-10H,11H2. The highest BCUT2D eigenvalue weighted by atomic mass is 16.7. The Kier molecular flexibility index (Phi) is 3.73. The molecule has 104 valence electrons. The van der Waals surface area contributed by atoms with E-state index in [1.54, 1.807) is 18.2 Å². The fourth-order valence-corrected chi connectivity index (χ4v) is 1.85. The van der Waals surface area contributed by atoms with Crippen molar-refractivity contribution in [3.8, 4) is 11.5 Å². The summed E-state index contributed by atoms with van der Waals surface area (Å²) >= 11 is 0. The minimum absolute atomic E-state index is 0.160. The maximum absolute atomic E-state index is 11.8. The van der Waals surface area contributed by atoms with Crippen LogP contribution in [0.4, 0.5) is 0 Å². The third-order valence-electron chi connectivity index (χ3n) is 2.88. The minimum atomic E-state index is -0.160. The maximum atomic E-state index is 11.8. The molecule has 21 heavy (non-hydrogen) atoms. The van der Waals surface area contributed by atoms with Crippen molar-refractivity contribution in [3.63, 3.8) is 0 Å². The largest absolute Gasteiger partial charge is 0.454 e. The molecule has 5 nitrogen and oxygen atoms in total. The maximum Gasteiger partial charge on any atom is 0.231 e. The lowest BCUT2D eigenvalue weighted by atomic mass is 10.2. The van der Waals surface area contributed by atoms with Crippen molar-refractivity contribution < 1.29 is 14.3 Å². The number of aromatic nitrogens is 2. The molecule has 0 aliphatic carbocycles. The predicted octanol–water partition coefficient (Wildman–Crippen LogP) is 2.66. The predicted molar refractivity (Wildman–Crippen MR) is 77.1 cm³/mol. The third-order valence-corrected chi connectivity index (χ3v) is 2.88. The first kappa shape index (κ1) is 13.1. The van der Waals surface area contributed by atoms with Gasteiger partial charge >= 0.3 is 0 Å². The van der Waals surface area contributed by atoms with Crippen LogP contribution in [-0.2, 0) is 0 Å². The molecule has 1 aliphatic heterocycles. The number of nitrogens with zero attached hydrogens (tertiary/aromatic N) is 2. The smallest absolute Gasteiger partial charge is 0.231 e. The molecule has 0 unspecified atom stereocenters. The Bertz CT molecular complexity index is 709. The van der Waals surface area contributed by atoms with Gasteiger partial charge in [0.25, 0.3) is 0 Å². The van der Waals surface area contributed by atoms with Crippen molar-refractivity contribution in [1.29, 1.82) is 0 Å². The van der Waals surface area contributed by atoms with Gasteiger partial charge in [-0.2, -0.15) is 0 Å². The van der Waals surface area contributed by atoms with E-state index in [0.29, 0.717) is 5.69 Å². The molecule has 1 aromatic carbocycles. The number of ether oxygens (including phenoxy) is 2. The second-order valence-corrected chi connectivity index (χ2v) is 4.29. The Labute approximate surface area is 121 Å². The summed E-state index contributed by atoms with van der Waals surface area (Å²) < 4.78 is 10.5. The Hall–Kier alpha value is -2.95. The van der Waals surface area contributed by atoms with Gasteiger partial charge in [-0.3, -0.25) is 4.79 Å². The van der Waals surface area contributed by atoms with Crippen molar-refractivity contribution >= 4 is 11.9 Å².